The Labute approximate surface area is 109 Å². The van der Waals surface area contributed by atoms with Crippen molar-refractivity contribution in [3.05, 3.63) is 21.9 Å². The van der Waals surface area contributed by atoms with E-state index in [0.29, 0.717) is 5.41 Å². The minimum absolute atomic E-state index is 0.303. The number of thiophene rings is 1. The third kappa shape index (κ3) is 3.32. The molecule has 1 heterocycles. The van der Waals surface area contributed by atoms with Gasteiger partial charge in [0.1, 0.15) is 0 Å². The van der Waals surface area contributed by atoms with Crippen LogP contribution in [0.1, 0.15) is 56.2 Å². The van der Waals surface area contributed by atoms with Gasteiger partial charge < -0.3 is 5.11 Å². The maximum Gasteiger partial charge on any atom is 0.0700 e. The molecule has 1 unspecified atom stereocenters. The van der Waals surface area contributed by atoms with E-state index in [1.54, 1.807) is 0 Å². The molecular formula is C15H24OS. The van der Waals surface area contributed by atoms with Crippen molar-refractivity contribution in [2.45, 2.75) is 64.9 Å². The Morgan fingerprint density at radius 1 is 1.24 bits per heavy atom. The van der Waals surface area contributed by atoms with Gasteiger partial charge in [-0.2, -0.15) is 0 Å². The van der Waals surface area contributed by atoms with E-state index in [-0.39, 0.29) is 0 Å². The molecule has 0 aliphatic heterocycles. The first-order valence-corrected chi connectivity index (χ1v) is 7.54. The Morgan fingerprint density at radius 3 is 2.53 bits per heavy atom. The lowest BCUT2D eigenvalue weighted by atomic mass is 9.68. The van der Waals surface area contributed by atoms with Crippen molar-refractivity contribution in [3.63, 3.8) is 0 Å². The number of hydrogen-bond acceptors (Lipinski definition) is 2. The third-order valence-electron chi connectivity index (χ3n) is 3.87. The summed E-state index contributed by atoms with van der Waals surface area (Å²) in [5, 5.41) is 10.7. The summed E-state index contributed by atoms with van der Waals surface area (Å²) < 4.78 is 0. The molecule has 1 saturated carbocycles. The monoisotopic (exact) mass is 252 g/mol. The first kappa shape index (κ1) is 13.1. The first-order valence-electron chi connectivity index (χ1n) is 6.72. The highest BCUT2D eigenvalue weighted by atomic mass is 32.1. The van der Waals surface area contributed by atoms with Gasteiger partial charge in [0.05, 0.1) is 5.60 Å². The highest BCUT2D eigenvalue weighted by Crippen LogP contribution is 2.42. The molecule has 1 aromatic heterocycles. The van der Waals surface area contributed by atoms with Crippen LogP contribution in [0.3, 0.4) is 0 Å². The molecule has 1 atom stereocenters. The summed E-state index contributed by atoms with van der Waals surface area (Å²) in [5.41, 5.74) is -0.157. The van der Waals surface area contributed by atoms with Crippen molar-refractivity contribution >= 4 is 11.3 Å². The average Bonchev–Trinajstić information content (AvgIpc) is 2.62. The van der Waals surface area contributed by atoms with E-state index in [4.69, 9.17) is 0 Å². The predicted molar refractivity (Wildman–Crippen MR) is 74.6 cm³/mol. The van der Waals surface area contributed by atoms with Gasteiger partial charge in [0, 0.05) is 16.2 Å². The van der Waals surface area contributed by atoms with Gasteiger partial charge in [-0.3, -0.25) is 0 Å². The Hall–Kier alpha value is -0.340. The molecule has 0 amide bonds. The van der Waals surface area contributed by atoms with E-state index < -0.39 is 5.60 Å². The van der Waals surface area contributed by atoms with E-state index in [1.807, 2.05) is 11.3 Å². The molecule has 1 aliphatic rings. The molecular weight excluding hydrogens is 228 g/mol. The fourth-order valence-electron chi connectivity index (χ4n) is 3.15. The Balaban J connectivity index is 2.06. The van der Waals surface area contributed by atoms with Crippen LogP contribution in [0, 0.1) is 5.41 Å². The number of rotatable bonds is 3. The van der Waals surface area contributed by atoms with Crippen LogP contribution in [0.25, 0.3) is 0 Å². The summed E-state index contributed by atoms with van der Waals surface area (Å²) in [6.45, 7) is 6.75. The van der Waals surface area contributed by atoms with Gasteiger partial charge >= 0.3 is 0 Å². The first-order chi connectivity index (χ1) is 7.92. The normalized spacial score (nSPS) is 28.2. The fourth-order valence-corrected chi connectivity index (χ4v) is 4.24. The molecule has 1 nitrogen and oxygen atoms in total. The molecule has 1 fully saturated rings. The Morgan fingerprint density at radius 2 is 1.94 bits per heavy atom. The molecule has 0 bridgehead atoms. The lowest BCUT2D eigenvalue weighted by Gasteiger charge is -2.41. The quantitative estimate of drug-likeness (QED) is 0.855. The van der Waals surface area contributed by atoms with Gasteiger partial charge in [-0.05, 0) is 43.2 Å². The summed E-state index contributed by atoms with van der Waals surface area (Å²) in [5.74, 6) is 0. The largest absolute Gasteiger partial charge is 0.389 e. The highest BCUT2D eigenvalue weighted by Gasteiger charge is 2.38. The molecule has 0 spiro atoms. The van der Waals surface area contributed by atoms with Crippen molar-refractivity contribution in [1.82, 2.24) is 0 Å². The molecule has 1 aromatic rings. The van der Waals surface area contributed by atoms with E-state index in [9.17, 15) is 5.11 Å². The summed E-state index contributed by atoms with van der Waals surface area (Å²) in [4.78, 5) is 2.78. The second kappa shape index (κ2) is 4.74. The highest BCUT2D eigenvalue weighted by molar-refractivity contribution is 7.12. The van der Waals surface area contributed by atoms with Crippen molar-refractivity contribution < 1.29 is 5.11 Å². The molecule has 96 valence electrons. The lowest BCUT2D eigenvalue weighted by molar-refractivity contribution is -0.0376. The van der Waals surface area contributed by atoms with Gasteiger partial charge in [-0.25, -0.2) is 0 Å². The second-order valence-electron chi connectivity index (χ2n) is 6.32. The molecule has 0 saturated heterocycles. The van der Waals surface area contributed by atoms with Crippen molar-refractivity contribution in [2.24, 2.45) is 5.41 Å². The zero-order valence-electron chi connectivity index (χ0n) is 11.3. The van der Waals surface area contributed by atoms with E-state index >= 15 is 0 Å². The van der Waals surface area contributed by atoms with Crippen LogP contribution < -0.4 is 0 Å². The van der Waals surface area contributed by atoms with Crippen LogP contribution in [0.5, 0.6) is 0 Å². The molecule has 0 aromatic carbocycles. The number of hydrogen-bond donors (Lipinski definition) is 1. The fraction of sp³-hybridized carbons (Fsp3) is 0.733. The van der Waals surface area contributed by atoms with E-state index in [2.05, 4.69) is 32.9 Å². The van der Waals surface area contributed by atoms with Crippen LogP contribution in [0.2, 0.25) is 0 Å². The molecule has 1 aliphatic carbocycles. The molecule has 0 radical (unpaired) electrons. The Kier molecular flexibility index (Phi) is 3.65. The minimum atomic E-state index is -0.461. The Bertz CT molecular complexity index is 380. The smallest absolute Gasteiger partial charge is 0.0700 e. The van der Waals surface area contributed by atoms with Gasteiger partial charge in [0.15, 0.2) is 0 Å². The maximum atomic E-state index is 10.7. The lowest BCUT2D eigenvalue weighted by Crippen LogP contribution is -2.40. The van der Waals surface area contributed by atoms with Crippen molar-refractivity contribution in [3.8, 4) is 0 Å². The number of aliphatic hydroxyl groups is 1. The van der Waals surface area contributed by atoms with Crippen LogP contribution in [-0.2, 0) is 12.8 Å². The molecule has 1 N–H and O–H groups in total. The van der Waals surface area contributed by atoms with Gasteiger partial charge in [-0.1, -0.05) is 27.2 Å². The van der Waals surface area contributed by atoms with E-state index in [1.165, 1.54) is 16.2 Å². The summed E-state index contributed by atoms with van der Waals surface area (Å²) in [6, 6.07) is 4.40. The summed E-state index contributed by atoms with van der Waals surface area (Å²) >= 11 is 1.87. The SMILES string of the molecule is CCc1ccc(CC2(O)CCCC(C)(C)C2)s1. The zero-order chi connectivity index (χ0) is 12.5. The van der Waals surface area contributed by atoms with Crippen LogP contribution in [0.15, 0.2) is 12.1 Å². The maximum absolute atomic E-state index is 10.7. The van der Waals surface area contributed by atoms with E-state index in [0.717, 1.165) is 32.1 Å². The van der Waals surface area contributed by atoms with Gasteiger partial charge in [0.25, 0.3) is 0 Å². The molecule has 17 heavy (non-hydrogen) atoms. The minimum Gasteiger partial charge on any atom is -0.389 e. The predicted octanol–water partition coefficient (Wildman–Crippen LogP) is 4.18. The molecule has 2 rings (SSSR count). The standard InChI is InChI=1S/C15H24OS/c1-4-12-6-7-13(17-12)10-15(16)9-5-8-14(2,3)11-15/h6-7,16H,4-5,8-11H2,1-3H3. The van der Waals surface area contributed by atoms with Gasteiger partial charge in [-0.15, -0.1) is 11.3 Å². The van der Waals surface area contributed by atoms with Gasteiger partial charge in [0.2, 0.25) is 0 Å². The van der Waals surface area contributed by atoms with Crippen LogP contribution >= 0.6 is 11.3 Å². The second-order valence-corrected chi connectivity index (χ2v) is 7.57. The van der Waals surface area contributed by atoms with Crippen LogP contribution in [0.4, 0.5) is 0 Å². The zero-order valence-corrected chi connectivity index (χ0v) is 12.1. The number of aryl methyl sites for hydroxylation is 1. The average molecular weight is 252 g/mol. The molecule has 2 heteroatoms. The topological polar surface area (TPSA) is 20.2 Å². The van der Waals surface area contributed by atoms with Crippen molar-refractivity contribution in [2.75, 3.05) is 0 Å². The third-order valence-corrected chi connectivity index (χ3v) is 5.10. The van der Waals surface area contributed by atoms with Crippen molar-refractivity contribution in [1.29, 1.82) is 0 Å². The summed E-state index contributed by atoms with van der Waals surface area (Å²) in [6.07, 6.45) is 6.28. The summed E-state index contributed by atoms with van der Waals surface area (Å²) in [7, 11) is 0. The van der Waals surface area contributed by atoms with Crippen LogP contribution in [-0.4, -0.2) is 10.7 Å².